The molecule has 0 saturated heterocycles. The van der Waals surface area contributed by atoms with E-state index in [2.05, 4.69) is 23.1 Å². The van der Waals surface area contributed by atoms with Crippen molar-refractivity contribution in [2.75, 3.05) is 0 Å². The first kappa shape index (κ1) is 11.0. The third kappa shape index (κ3) is 2.06. The number of nitrogens with zero attached hydrogens (tertiary/aromatic N) is 2. The maximum Gasteiger partial charge on any atom is 0.348 e. The molecule has 2 aromatic heterocycles. The van der Waals surface area contributed by atoms with Crippen molar-refractivity contribution in [3.63, 3.8) is 0 Å². The molecule has 0 atom stereocenters. The number of hydrogen-bond donors (Lipinski definition) is 0. The molecule has 17 heavy (non-hydrogen) atoms. The molecule has 0 N–H and O–H groups in total. The van der Waals surface area contributed by atoms with Crippen molar-refractivity contribution < 1.29 is 4.42 Å². The van der Waals surface area contributed by atoms with Gasteiger partial charge in [-0.1, -0.05) is 31.4 Å². The summed E-state index contributed by atoms with van der Waals surface area (Å²) in [5, 5.41) is 0.360. The largest absolute Gasteiger partial charge is 0.403 e. The molecule has 0 saturated carbocycles. The number of pyridine rings is 1. The fourth-order valence-corrected chi connectivity index (χ4v) is 1.38. The SMILES string of the molecule is C=C/C=C(\C=C)c1nc2ncccc2c(=O)o1. The van der Waals surface area contributed by atoms with E-state index in [4.69, 9.17) is 4.42 Å². The van der Waals surface area contributed by atoms with Crippen molar-refractivity contribution in [1.82, 2.24) is 9.97 Å². The number of allylic oxidation sites excluding steroid dienone is 4. The van der Waals surface area contributed by atoms with E-state index in [-0.39, 0.29) is 5.89 Å². The number of aromatic nitrogens is 2. The average molecular weight is 226 g/mol. The molecule has 0 bridgehead atoms. The van der Waals surface area contributed by atoms with E-state index >= 15 is 0 Å². The van der Waals surface area contributed by atoms with Crippen LogP contribution in [0, 0.1) is 0 Å². The third-order valence-corrected chi connectivity index (χ3v) is 2.17. The van der Waals surface area contributed by atoms with E-state index < -0.39 is 5.63 Å². The molecule has 0 aliphatic carbocycles. The van der Waals surface area contributed by atoms with Crippen LogP contribution < -0.4 is 5.63 Å². The number of hydrogen-bond acceptors (Lipinski definition) is 4. The predicted octanol–water partition coefficient (Wildman–Crippen LogP) is 2.34. The van der Waals surface area contributed by atoms with Crippen molar-refractivity contribution in [3.8, 4) is 0 Å². The van der Waals surface area contributed by atoms with Crippen LogP contribution >= 0.6 is 0 Å². The molecule has 2 heterocycles. The molecular weight excluding hydrogens is 216 g/mol. The first-order chi connectivity index (χ1) is 8.26. The number of rotatable bonds is 3. The lowest BCUT2D eigenvalue weighted by Gasteiger charge is -2.00. The minimum Gasteiger partial charge on any atom is -0.403 e. The Morgan fingerprint density at radius 1 is 1.41 bits per heavy atom. The summed E-state index contributed by atoms with van der Waals surface area (Å²) in [5.41, 5.74) is 0.482. The smallest absolute Gasteiger partial charge is 0.348 e. The van der Waals surface area contributed by atoms with E-state index in [9.17, 15) is 4.79 Å². The van der Waals surface area contributed by atoms with Crippen LogP contribution in [0.1, 0.15) is 5.89 Å². The monoisotopic (exact) mass is 226 g/mol. The highest BCUT2D eigenvalue weighted by atomic mass is 16.4. The van der Waals surface area contributed by atoms with E-state index in [0.29, 0.717) is 16.6 Å². The fourth-order valence-electron chi connectivity index (χ4n) is 1.38. The fraction of sp³-hybridized carbons (Fsp3) is 0. The van der Waals surface area contributed by atoms with Gasteiger partial charge >= 0.3 is 5.63 Å². The quantitative estimate of drug-likeness (QED) is 0.754. The molecule has 0 spiro atoms. The Bertz CT molecular complexity index is 668. The lowest BCUT2D eigenvalue weighted by Crippen LogP contribution is -2.05. The Morgan fingerprint density at radius 3 is 2.94 bits per heavy atom. The molecule has 2 aromatic rings. The minimum absolute atomic E-state index is 0.191. The van der Waals surface area contributed by atoms with Crippen LogP contribution in [-0.4, -0.2) is 9.97 Å². The zero-order valence-corrected chi connectivity index (χ0v) is 9.09. The van der Waals surface area contributed by atoms with Gasteiger partial charge in [0, 0.05) is 11.8 Å². The third-order valence-electron chi connectivity index (χ3n) is 2.17. The molecule has 0 fully saturated rings. The van der Waals surface area contributed by atoms with Crippen molar-refractivity contribution >= 4 is 16.6 Å². The summed E-state index contributed by atoms with van der Waals surface area (Å²) in [6.07, 6.45) is 6.35. The second-order valence-electron chi connectivity index (χ2n) is 3.24. The molecule has 2 rings (SSSR count). The summed E-state index contributed by atoms with van der Waals surface area (Å²) in [6, 6.07) is 3.28. The molecule has 0 aliphatic rings. The molecule has 84 valence electrons. The second kappa shape index (κ2) is 4.57. The highest BCUT2D eigenvalue weighted by molar-refractivity contribution is 5.76. The van der Waals surface area contributed by atoms with Gasteiger partial charge in [-0.2, -0.15) is 4.98 Å². The van der Waals surface area contributed by atoms with Crippen LogP contribution in [0.5, 0.6) is 0 Å². The van der Waals surface area contributed by atoms with Gasteiger partial charge in [0.25, 0.3) is 0 Å². The average Bonchev–Trinajstić information content (AvgIpc) is 2.36. The highest BCUT2D eigenvalue weighted by Gasteiger charge is 2.08. The van der Waals surface area contributed by atoms with Gasteiger partial charge in [0.15, 0.2) is 5.65 Å². The van der Waals surface area contributed by atoms with Crippen LogP contribution in [0.15, 0.2) is 58.9 Å². The summed E-state index contributed by atoms with van der Waals surface area (Å²) < 4.78 is 5.10. The molecule has 0 radical (unpaired) electrons. The summed E-state index contributed by atoms with van der Waals surface area (Å²) >= 11 is 0. The van der Waals surface area contributed by atoms with Gasteiger partial charge in [0.05, 0.1) is 0 Å². The zero-order valence-electron chi connectivity index (χ0n) is 9.09. The molecule has 0 amide bonds. The summed E-state index contributed by atoms with van der Waals surface area (Å²) in [4.78, 5) is 19.9. The van der Waals surface area contributed by atoms with Crippen LogP contribution in [0.25, 0.3) is 16.6 Å². The van der Waals surface area contributed by atoms with Gasteiger partial charge < -0.3 is 4.42 Å². The van der Waals surface area contributed by atoms with Crippen LogP contribution in [-0.2, 0) is 0 Å². The Hall–Kier alpha value is -2.49. The zero-order chi connectivity index (χ0) is 12.3. The topological polar surface area (TPSA) is 56.0 Å². The second-order valence-corrected chi connectivity index (χ2v) is 3.24. The Labute approximate surface area is 97.6 Å². The standard InChI is InChI=1S/C13H10N2O2/c1-3-6-9(4-2)12-15-11-10(13(16)17-12)7-5-8-14-11/h3-8H,1-2H2/b9-6+. The van der Waals surface area contributed by atoms with E-state index in [1.165, 1.54) is 0 Å². The van der Waals surface area contributed by atoms with Crippen molar-refractivity contribution in [2.45, 2.75) is 0 Å². The Kier molecular flexibility index (Phi) is 2.96. The lowest BCUT2D eigenvalue weighted by molar-refractivity contribution is 0.487. The predicted molar refractivity (Wildman–Crippen MR) is 66.4 cm³/mol. The normalized spacial score (nSPS) is 11.4. The van der Waals surface area contributed by atoms with Crippen LogP contribution in [0.3, 0.4) is 0 Å². The van der Waals surface area contributed by atoms with E-state index in [1.54, 1.807) is 36.6 Å². The summed E-state index contributed by atoms with van der Waals surface area (Å²) in [6.45, 7) is 7.20. The van der Waals surface area contributed by atoms with Gasteiger partial charge in [-0.3, -0.25) is 0 Å². The molecular formula is C13H10N2O2. The van der Waals surface area contributed by atoms with Crippen LogP contribution in [0.4, 0.5) is 0 Å². The summed E-state index contributed by atoms with van der Waals surface area (Å²) in [5.74, 6) is 0.191. The first-order valence-electron chi connectivity index (χ1n) is 4.97. The van der Waals surface area contributed by atoms with Gasteiger partial charge in [-0.05, 0) is 12.1 Å². The maximum absolute atomic E-state index is 11.7. The van der Waals surface area contributed by atoms with Gasteiger partial charge in [-0.25, -0.2) is 9.78 Å². The molecule has 4 nitrogen and oxygen atoms in total. The molecule has 4 heteroatoms. The molecule has 0 unspecified atom stereocenters. The first-order valence-corrected chi connectivity index (χ1v) is 4.97. The van der Waals surface area contributed by atoms with Gasteiger partial charge in [0.2, 0.25) is 5.89 Å². The molecule has 0 aromatic carbocycles. The van der Waals surface area contributed by atoms with E-state index in [0.717, 1.165) is 0 Å². The maximum atomic E-state index is 11.7. The highest BCUT2D eigenvalue weighted by Crippen LogP contribution is 2.13. The molecule has 0 aliphatic heterocycles. The van der Waals surface area contributed by atoms with Crippen molar-refractivity contribution in [1.29, 1.82) is 0 Å². The Balaban J connectivity index is 2.73. The van der Waals surface area contributed by atoms with Gasteiger partial charge in [0.1, 0.15) is 5.39 Å². The lowest BCUT2D eigenvalue weighted by atomic mass is 10.2. The van der Waals surface area contributed by atoms with Crippen LogP contribution in [0.2, 0.25) is 0 Å². The van der Waals surface area contributed by atoms with Crippen molar-refractivity contribution in [2.24, 2.45) is 0 Å². The Morgan fingerprint density at radius 2 is 2.24 bits per heavy atom. The van der Waals surface area contributed by atoms with Gasteiger partial charge in [-0.15, -0.1) is 0 Å². The minimum atomic E-state index is -0.463. The van der Waals surface area contributed by atoms with Crippen molar-refractivity contribution in [3.05, 3.63) is 66.0 Å². The summed E-state index contributed by atoms with van der Waals surface area (Å²) in [7, 11) is 0. The van der Waals surface area contributed by atoms with E-state index in [1.807, 2.05) is 0 Å². The number of fused-ring (bicyclic) bond motifs is 1.